The summed E-state index contributed by atoms with van der Waals surface area (Å²) < 4.78 is 34.8. The van der Waals surface area contributed by atoms with E-state index in [0.29, 0.717) is 23.8 Å². The normalized spacial score (nSPS) is 22.2. The number of alkyl halides is 2. The van der Waals surface area contributed by atoms with Crippen LogP contribution in [-0.4, -0.2) is 37.8 Å². The van der Waals surface area contributed by atoms with Gasteiger partial charge in [0.1, 0.15) is 0 Å². The van der Waals surface area contributed by atoms with Crippen molar-refractivity contribution in [1.29, 1.82) is 0 Å². The summed E-state index contributed by atoms with van der Waals surface area (Å²) in [6.45, 7) is 1.35. The lowest BCUT2D eigenvalue weighted by molar-refractivity contribution is -0.0521. The van der Waals surface area contributed by atoms with Gasteiger partial charge in [0.05, 0.1) is 7.11 Å². The molecule has 1 heterocycles. The molecular formula is C14H21ClF2N2O2. The van der Waals surface area contributed by atoms with Crippen LogP contribution in [0.15, 0.2) is 18.2 Å². The summed E-state index contributed by atoms with van der Waals surface area (Å²) in [6, 6.07) is 5.28. The van der Waals surface area contributed by atoms with E-state index < -0.39 is 6.61 Å². The summed E-state index contributed by atoms with van der Waals surface area (Å²) in [4.78, 5) is 2.14. The number of hydrogen-bond donors (Lipinski definition) is 1. The van der Waals surface area contributed by atoms with Gasteiger partial charge in [-0.3, -0.25) is 4.90 Å². The zero-order valence-electron chi connectivity index (χ0n) is 12.1. The van der Waals surface area contributed by atoms with Crippen molar-refractivity contribution in [3.05, 3.63) is 23.8 Å². The fraction of sp³-hybridized carbons (Fsp3) is 0.571. The number of nitrogens with two attached hydrogens (primary N) is 1. The second kappa shape index (κ2) is 7.77. The molecule has 2 N–H and O–H groups in total. The molecule has 21 heavy (non-hydrogen) atoms. The molecule has 1 aromatic carbocycles. The Hall–Kier alpha value is -1.11. The van der Waals surface area contributed by atoms with Crippen molar-refractivity contribution in [2.75, 3.05) is 20.2 Å². The van der Waals surface area contributed by atoms with E-state index in [1.807, 2.05) is 0 Å². The van der Waals surface area contributed by atoms with Crippen LogP contribution in [0.4, 0.5) is 8.78 Å². The minimum absolute atomic E-state index is 0. The molecule has 0 aliphatic carbocycles. The maximum absolute atomic E-state index is 12.5. The molecule has 0 spiro atoms. The second-order valence-electron chi connectivity index (χ2n) is 5.16. The molecule has 2 unspecified atom stereocenters. The molecule has 1 aromatic rings. The van der Waals surface area contributed by atoms with E-state index in [4.69, 9.17) is 10.5 Å². The van der Waals surface area contributed by atoms with Crippen LogP contribution in [0.25, 0.3) is 0 Å². The number of methoxy groups -OCH3 is 1. The average molecular weight is 323 g/mol. The molecule has 4 nitrogen and oxygen atoms in total. The third kappa shape index (κ3) is 4.43. The van der Waals surface area contributed by atoms with Gasteiger partial charge in [0.25, 0.3) is 0 Å². The van der Waals surface area contributed by atoms with E-state index in [2.05, 4.69) is 16.6 Å². The van der Waals surface area contributed by atoms with Crippen molar-refractivity contribution in [2.24, 2.45) is 11.7 Å². The molecule has 1 saturated heterocycles. The number of rotatable bonds is 5. The van der Waals surface area contributed by atoms with Crippen LogP contribution in [0.3, 0.4) is 0 Å². The lowest BCUT2D eigenvalue weighted by Gasteiger charge is -2.19. The van der Waals surface area contributed by atoms with Gasteiger partial charge in [-0.05, 0) is 12.0 Å². The van der Waals surface area contributed by atoms with E-state index in [0.717, 1.165) is 13.1 Å². The number of hydrogen-bond acceptors (Lipinski definition) is 4. The highest BCUT2D eigenvalue weighted by Gasteiger charge is 2.27. The van der Waals surface area contributed by atoms with Gasteiger partial charge in [-0.25, -0.2) is 0 Å². The monoisotopic (exact) mass is 322 g/mol. The maximum Gasteiger partial charge on any atom is 0.387 e. The number of halogens is 3. The SMILES string of the molecule is COc1cccc(CN2CC(C)C(N)C2)c1OC(F)F.Cl. The van der Waals surface area contributed by atoms with Crippen LogP contribution in [0.1, 0.15) is 12.5 Å². The highest BCUT2D eigenvalue weighted by Crippen LogP contribution is 2.34. The van der Waals surface area contributed by atoms with Crippen molar-refractivity contribution < 1.29 is 18.3 Å². The van der Waals surface area contributed by atoms with E-state index >= 15 is 0 Å². The summed E-state index contributed by atoms with van der Waals surface area (Å²) in [5.41, 5.74) is 6.67. The van der Waals surface area contributed by atoms with E-state index in [1.54, 1.807) is 18.2 Å². The molecule has 0 bridgehead atoms. The van der Waals surface area contributed by atoms with Gasteiger partial charge < -0.3 is 15.2 Å². The minimum Gasteiger partial charge on any atom is -0.493 e. The number of ether oxygens (including phenoxy) is 2. The third-order valence-corrected chi connectivity index (χ3v) is 3.63. The Bertz CT molecular complexity index is 453. The number of para-hydroxylation sites is 1. The van der Waals surface area contributed by atoms with Crippen molar-refractivity contribution in [1.82, 2.24) is 4.90 Å². The van der Waals surface area contributed by atoms with Gasteiger partial charge in [0.15, 0.2) is 11.5 Å². The van der Waals surface area contributed by atoms with Crippen LogP contribution in [-0.2, 0) is 6.54 Å². The molecule has 1 aliphatic heterocycles. The molecule has 0 radical (unpaired) electrons. The molecule has 0 saturated carbocycles. The van der Waals surface area contributed by atoms with Gasteiger partial charge in [-0.15, -0.1) is 12.4 Å². The number of nitrogens with zero attached hydrogens (tertiary/aromatic N) is 1. The molecule has 0 aromatic heterocycles. The standard InChI is InChI=1S/C14H20F2N2O2.ClH/c1-9-6-18(8-11(9)17)7-10-4-3-5-12(19-2)13(10)20-14(15)16;/h3-5,9,11,14H,6-8,17H2,1-2H3;1H. The largest absolute Gasteiger partial charge is 0.493 e. The Morgan fingerprint density at radius 2 is 2.10 bits per heavy atom. The molecule has 120 valence electrons. The lowest BCUT2D eigenvalue weighted by atomic mass is 10.1. The fourth-order valence-corrected chi connectivity index (χ4v) is 2.53. The number of benzene rings is 1. The highest BCUT2D eigenvalue weighted by atomic mass is 35.5. The Morgan fingerprint density at radius 3 is 2.62 bits per heavy atom. The average Bonchev–Trinajstić information content (AvgIpc) is 2.70. The molecule has 2 rings (SSSR count). The molecule has 2 atom stereocenters. The van der Waals surface area contributed by atoms with Crippen molar-refractivity contribution >= 4 is 12.4 Å². The predicted octanol–water partition coefficient (Wildman–Crippen LogP) is 2.50. The van der Waals surface area contributed by atoms with Gasteiger partial charge in [0.2, 0.25) is 0 Å². The lowest BCUT2D eigenvalue weighted by Crippen LogP contribution is -2.28. The molecular weight excluding hydrogens is 302 g/mol. The van der Waals surface area contributed by atoms with Crippen LogP contribution >= 0.6 is 12.4 Å². The van der Waals surface area contributed by atoms with Crippen LogP contribution in [0, 0.1) is 5.92 Å². The summed E-state index contributed by atoms with van der Waals surface area (Å²) in [6.07, 6.45) is 0. The van der Waals surface area contributed by atoms with Crippen LogP contribution in [0.2, 0.25) is 0 Å². The van der Waals surface area contributed by atoms with Crippen LogP contribution in [0.5, 0.6) is 11.5 Å². The molecule has 0 amide bonds. The summed E-state index contributed by atoms with van der Waals surface area (Å²) in [5, 5.41) is 0. The fourth-order valence-electron chi connectivity index (χ4n) is 2.53. The maximum atomic E-state index is 12.5. The Balaban J connectivity index is 0.00000220. The Kier molecular flexibility index (Phi) is 6.64. The van der Waals surface area contributed by atoms with Gasteiger partial charge >= 0.3 is 6.61 Å². The molecule has 7 heteroatoms. The second-order valence-corrected chi connectivity index (χ2v) is 5.16. The third-order valence-electron chi connectivity index (χ3n) is 3.63. The smallest absolute Gasteiger partial charge is 0.387 e. The first-order valence-corrected chi connectivity index (χ1v) is 6.60. The summed E-state index contributed by atoms with van der Waals surface area (Å²) >= 11 is 0. The zero-order chi connectivity index (χ0) is 14.7. The molecule has 1 aliphatic rings. The topological polar surface area (TPSA) is 47.7 Å². The van der Waals surface area contributed by atoms with Crippen LogP contribution < -0.4 is 15.2 Å². The first kappa shape index (κ1) is 17.9. The van der Waals surface area contributed by atoms with Crippen molar-refractivity contribution in [3.8, 4) is 11.5 Å². The van der Waals surface area contributed by atoms with Crippen molar-refractivity contribution in [3.63, 3.8) is 0 Å². The quantitative estimate of drug-likeness (QED) is 0.905. The number of likely N-dealkylation sites (tertiary alicyclic amines) is 1. The summed E-state index contributed by atoms with van der Waals surface area (Å²) in [7, 11) is 1.44. The van der Waals surface area contributed by atoms with Gasteiger partial charge in [-0.2, -0.15) is 8.78 Å². The zero-order valence-corrected chi connectivity index (χ0v) is 12.9. The molecule has 1 fully saturated rings. The Morgan fingerprint density at radius 1 is 1.38 bits per heavy atom. The first-order valence-electron chi connectivity index (χ1n) is 6.60. The highest BCUT2D eigenvalue weighted by molar-refractivity contribution is 5.85. The van der Waals surface area contributed by atoms with Gasteiger partial charge in [-0.1, -0.05) is 19.1 Å². The predicted molar refractivity (Wildman–Crippen MR) is 79.3 cm³/mol. The van der Waals surface area contributed by atoms with E-state index in [-0.39, 0.29) is 24.2 Å². The Labute approximate surface area is 129 Å². The van der Waals surface area contributed by atoms with Crippen molar-refractivity contribution in [2.45, 2.75) is 26.1 Å². The van der Waals surface area contributed by atoms with Gasteiger partial charge in [0, 0.05) is 31.2 Å². The van der Waals surface area contributed by atoms with E-state index in [9.17, 15) is 8.78 Å². The van der Waals surface area contributed by atoms with E-state index in [1.165, 1.54) is 7.11 Å². The summed E-state index contributed by atoms with van der Waals surface area (Å²) in [5.74, 6) is 0.831. The minimum atomic E-state index is -2.87. The first-order chi connectivity index (χ1) is 9.51.